The quantitative estimate of drug-likeness (QED) is 0.275. The average molecular weight is 354 g/mol. The second-order valence-corrected chi connectivity index (χ2v) is 8.04. The molecule has 148 valence electrons. The second kappa shape index (κ2) is 14.8. The van der Waals surface area contributed by atoms with Gasteiger partial charge in [-0.05, 0) is 45.4 Å². The summed E-state index contributed by atoms with van der Waals surface area (Å²) in [4.78, 5) is 0. The summed E-state index contributed by atoms with van der Waals surface area (Å²) in [6, 6.07) is 0. The van der Waals surface area contributed by atoms with E-state index < -0.39 is 0 Å². The Morgan fingerprint density at radius 2 is 1.48 bits per heavy atom. The van der Waals surface area contributed by atoms with Crippen molar-refractivity contribution in [3.05, 3.63) is 12.2 Å². The molecular formula is C22H43NO2. The van der Waals surface area contributed by atoms with Gasteiger partial charge in [-0.3, -0.25) is 5.32 Å². The van der Waals surface area contributed by atoms with E-state index in [-0.39, 0.29) is 18.4 Å². The molecule has 3 heteroatoms. The highest BCUT2D eigenvalue weighted by Gasteiger charge is 2.33. The summed E-state index contributed by atoms with van der Waals surface area (Å²) in [7, 11) is 0. The maximum Gasteiger partial charge on any atom is 0.108 e. The molecule has 0 aromatic rings. The smallest absolute Gasteiger partial charge is 0.108 e. The van der Waals surface area contributed by atoms with Gasteiger partial charge in [0, 0.05) is 0 Å². The van der Waals surface area contributed by atoms with Gasteiger partial charge in [-0.1, -0.05) is 70.4 Å². The lowest BCUT2D eigenvalue weighted by Crippen LogP contribution is -2.45. The van der Waals surface area contributed by atoms with E-state index in [1.165, 1.54) is 83.5 Å². The molecule has 1 aliphatic rings. The number of hydrogen-bond acceptors (Lipinski definition) is 3. The molecule has 3 nitrogen and oxygen atoms in total. The molecule has 2 unspecified atom stereocenters. The average Bonchev–Trinajstić information content (AvgIpc) is 3.00. The highest BCUT2D eigenvalue weighted by Crippen LogP contribution is 2.18. The van der Waals surface area contributed by atoms with Gasteiger partial charge in [-0.2, -0.15) is 0 Å². The van der Waals surface area contributed by atoms with Gasteiger partial charge >= 0.3 is 0 Å². The SMILES string of the molecule is CCCCCCCCC=CCCCCCCCC1NC(C)(CO)CO1. The zero-order valence-corrected chi connectivity index (χ0v) is 16.9. The van der Waals surface area contributed by atoms with E-state index >= 15 is 0 Å². The first kappa shape index (κ1) is 22.7. The molecule has 1 saturated heterocycles. The highest BCUT2D eigenvalue weighted by atomic mass is 16.5. The summed E-state index contributed by atoms with van der Waals surface area (Å²) >= 11 is 0. The van der Waals surface area contributed by atoms with Gasteiger partial charge in [0.05, 0.1) is 18.8 Å². The van der Waals surface area contributed by atoms with Crippen LogP contribution in [0.4, 0.5) is 0 Å². The van der Waals surface area contributed by atoms with E-state index in [1.807, 2.05) is 6.92 Å². The summed E-state index contributed by atoms with van der Waals surface area (Å²) in [6.45, 7) is 5.07. The van der Waals surface area contributed by atoms with E-state index in [2.05, 4.69) is 24.4 Å². The minimum absolute atomic E-state index is 0.141. The molecule has 0 aliphatic carbocycles. The van der Waals surface area contributed by atoms with Crippen molar-refractivity contribution in [2.24, 2.45) is 0 Å². The van der Waals surface area contributed by atoms with Gasteiger partial charge in [0.2, 0.25) is 0 Å². The molecule has 0 radical (unpaired) electrons. The molecule has 0 aromatic heterocycles. The minimum Gasteiger partial charge on any atom is -0.394 e. The maximum absolute atomic E-state index is 9.30. The molecule has 2 atom stereocenters. The van der Waals surface area contributed by atoms with Gasteiger partial charge in [0.15, 0.2) is 0 Å². The van der Waals surface area contributed by atoms with Crippen molar-refractivity contribution in [2.75, 3.05) is 13.2 Å². The van der Waals surface area contributed by atoms with Crippen molar-refractivity contribution in [3.63, 3.8) is 0 Å². The van der Waals surface area contributed by atoms with E-state index in [0.717, 1.165) is 6.42 Å². The fraction of sp³-hybridized carbons (Fsp3) is 0.909. The third kappa shape index (κ3) is 11.8. The first-order chi connectivity index (χ1) is 12.2. The Morgan fingerprint density at radius 1 is 0.920 bits per heavy atom. The van der Waals surface area contributed by atoms with Crippen LogP contribution in [0.5, 0.6) is 0 Å². The van der Waals surface area contributed by atoms with Crippen molar-refractivity contribution < 1.29 is 9.84 Å². The lowest BCUT2D eigenvalue weighted by molar-refractivity contribution is 0.0860. The predicted molar refractivity (Wildman–Crippen MR) is 108 cm³/mol. The molecule has 0 bridgehead atoms. The van der Waals surface area contributed by atoms with Crippen molar-refractivity contribution in [3.8, 4) is 0 Å². The van der Waals surface area contributed by atoms with Crippen LogP contribution in [0.1, 0.15) is 104 Å². The Kier molecular flexibility index (Phi) is 13.4. The van der Waals surface area contributed by atoms with E-state index in [0.29, 0.717) is 6.61 Å². The summed E-state index contributed by atoms with van der Waals surface area (Å²) in [5, 5.41) is 12.7. The molecule has 0 aromatic carbocycles. The van der Waals surface area contributed by atoms with Crippen LogP contribution in [-0.4, -0.2) is 30.1 Å². The van der Waals surface area contributed by atoms with Crippen LogP contribution in [0, 0.1) is 0 Å². The summed E-state index contributed by atoms with van der Waals surface area (Å²) < 4.78 is 5.70. The van der Waals surface area contributed by atoms with Crippen molar-refractivity contribution in [2.45, 2.75) is 116 Å². The number of allylic oxidation sites excluding steroid dienone is 2. The van der Waals surface area contributed by atoms with Crippen LogP contribution in [0.3, 0.4) is 0 Å². The topological polar surface area (TPSA) is 41.5 Å². The van der Waals surface area contributed by atoms with Gasteiger partial charge in [0.25, 0.3) is 0 Å². The molecule has 2 N–H and O–H groups in total. The summed E-state index contributed by atoms with van der Waals surface area (Å²) in [5.41, 5.74) is -0.230. The molecule has 1 rings (SSSR count). The normalized spacial score (nSPS) is 23.7. The van der Waals surface area contributed by atoms with Crippen LogP contribution in [0.15, 0.2) is 12.2 Å². The monoisotopic (exact) mass is 353 g/mol. The lowest BCUT2D eigenvalue weighted by atomic mass is 10.1. The van der Waals surface area contributed by atoms with Gasteiger partial charge in [-0.25, -0.2) is 0 Å². The van der Waals surface area contributed by atoms with Crippen molar-refractivity contribution in [1.29, 1.82) is 0 Å². The van der Waals surface area contributed by atoms with Crippen LogP contribution >= 0.6 is 0 Å². The van der Waals surface area contributed by atoms with Crippen LogP contribution in [-0.2, 0) is 4.74 Å². The molecular weight excluding hydrogens is 310 g/mol. The van der Waals surface area contributed by atoms with Gasteiger partial charge in [-0.15, -0.1) is 0 Å². The van der Waals surface area contributed by atoms with Crippen molar-refractivity contribution >= 4 is 0 Å². The first-order valence-corrected chi connectivity index (χ1v) is 10.9. The molecule has 1 heterocycles. The first-order valence-electron chi connectivity index (χ1n) is 10.9. The van der Waals surface area contributed by atoms with Crippen LogP contribution in [0.2, 0.25) is 0 Å². The Bertz CT molecular complexity index is 332. The Balaban J connectivity index is 1.79. The third-order valence-electron chi connectivity index (χ3n) is 5.19. The zero-order chi connectivity index (χ0) is 18.2. The lowest BCUT2D eigenvalue weighted by Gasteiger charge is -2.20. The standard InChI is InChI=1S/C22H43NO2/c1-3-4-5-6-7-8-9-10-11-12-13-14-15-16-17-18-21-23-22(2,19-24)20-25-21/h10-11,21,23-24H,3-9,12-20H2,1-2H3. The van der Waals surface area contributed by atoms with E-state index in [9.17, 15) is 5.11 Å². The van der Waals surface area contributed by atoms with Crippen LogP contribution < -0.4 is 5.32 Å². The summed E-state index contributed by atoms with van der Waals surface area (Å²) in [6.07, 6.45) is 23.4. The predicted octanol–water partition coefficient (Wildman–Crippen LogP) is 5.72. The Hall–Kier alpha value is -0.380. The third-order valence-corrected chi connectivity index (χ3v) is 5.19. The fourth-order valence-electron chi connectivity index (χ4n) is 3.40. The fourth-order valence-corrected chi connectivity index (χ4v) is 3.40. The number of aliphatic hydroxyl groups excluding tert-OH is 1. The number of aliphatic hydroxyl groups is 1. The number of nitrogens with one attached hydrogen (secondary N) is 1. The molecule has 0 spiro atoms. The molecule has 1 fully saturated rings. The molecule has 1 aliphatic heterocycles. The second-order valence-electron chi connectivity index (χ2n) is 8.04. The Labute approximate surface area is 156 Å². The largest absolute Gasteiger partial charge is 0.394 e. The van der Waals surface area contributed by atoms with Crippen LogP contribution in [0.25, 0.3) is 0 Å². The maximum atomic E-state index is 9.30. The Morgan fingerprint density at radius 3 is 2.04 bits per heavy atom. The number of hydrogen-bond donors (Lipinski definition) is 2. The number of unbranched alkanes of at least 4 members (excludes halogenated alkanes) is 11. The van der Waals surface area contributed by atoms with Gasteiger partial charge in [0.1, 0.15) is 6.23 Å². The van der Waals surface area contributed by atoms with E-state index in [4.69, 9.17) is 4.74 Å². The van der Waals surface area contributed by atoms with Crippen molar-refractivity contribution in [1.82, 2.24) is 5.32 Å². The summed E-state index contributed by atoms with van der Waals surface area (Å²) in [5.74, 6) is 0. The minimum atomic E-state index is -0.230. The van der Waals surface area contributed by atoms with E-state index in [1.54, 1.807) is 0 Å². The molecule has 0 saturated carbocycles. The molecule has 25 heavy (non-hydrogen) atoms. The number of ether oxygens (including phenoxy) is 1. The van der Waals surface area contributed by atoms with Gasteiger partial charge < -0.3 is 9.84 Å². The molecule has 0 amide bonds. The highest BCUT2D eigenvalue weighted by molar-refractivity contribution is 4.88. The number of rotatable bonds is 16. The zero-order valence-electron chi connectivity index (χ0n) is 16.9.